The Morgan fingerprint density at radius 1 is 0.977 bits per heavy atom. The number of carbonyl (C=O) groups is 4. The van der Waals surface area contributed by atoms with Crippen LogP contribution in [0.2, 0.25) is 0 Å². The first-order chi connectivity index (χ1) is 19.8. The Bertz CT molecular complexity index is 1360. The number of anilines is 1. The van der Waals surface area contributed by atoms with Crippen LogP contribution in [0, 0.1) is 5.41 Å². The fourth-order valence-electron chi connectivity index (χ4n) is 3.98. The van der Waals surface area contributed by atoms with Gasteiger partial charge in [-0.2, -0.15) is 0 Å². The second-order valence-electron chi connectivity index (χ2n) is 11.9. The van der Waals surface area contributed by atoms with E-state index in [0.29, 0.717) is 22.6 Å². The van der Waals surface area contributed by atoms with Gasteiger partial charge in [0, 0.05) is 17.8 Å². The van der Waals surface area contributed by atoms with Crippen LogP contribution in [0.15, 0.2) is 30.3 Å². The minimum absolute atomic E-state index is 0.0624. The number of ether oxygens (including phenoxy) is 2. The van der Waals surface area contributed by atoms with Gasteiger partial charge in [-0.25, -0.2) is 9.59 Å². The molecule has 13 nitrogen and oxygen atoms in total. The van der Waals surface area contributed by atoms with Gasteiger partial charge in [0.25, 0.3) is 0 Å². The van der Waals surface area contributed by atoms with Crippen molar-refractivity contribution in [3.8, 4) is 5.75 Å². The number of nitrogens with zero attached hydrogens (tertiary/aromatic N) is 1. The number of carboxylic acid groups (broad SMARTS) is 1. The average Bonchev–Trinajstić information content (AvgIpc) is 2.84. The van der Waals surface area contributed by atoms with Crippen molar-refractivity contribution < 1.29 is 38.9 Å². The topological polar surface area (TPSA) is 214 Å². The van der Waals surface area contributed by atoms with Gasteiger partial charge in [-0.3, -0.25) is 20.0 Å². The van der Waals surface area contributed by atoms with Crippen LogP contribution < -0.4 is 16.4 Å². The predicted molar refractivity (Wildman–Crippen MR) is 159 cm³/mol. The third-order valence-electron chi connectivity index (χ3n) is 5.68. The minimum atomic E-state index is -1.25. The summed E-state index contributed by atoms with van der Waals surface area (Å²) in [4.78, 5) is 54.1. The summed E-state index contributed by atoms with van der Waals surface area (Å²) in [5.74, 6) is -3.46. The fourth-order valence-corrected chi connectivity index (χ4v) is 3.98. The standard InChI is InChI=1S/C30H41N5O8/c1-29(2,3)42-25(38)16-22(27(41)43-30(4,5)6)35-24(37)14-10-18-9-13-23(36)21(33-18)12-7-17-15-19(34-28(31)32)8-11-20(17)26(39)40/h8-9,11,13,15,22,36H,7,10,12,14,16H2,1-6H3,(H,35,37)(H,39,40)(H4,31,32,34). The Hall–Kier alpha value is -4.68. The van der Waals surface area contributed by atoms with Crippen LogP contribution in [0.3, 0.4) is 0 Å². The van der Waals surface area contributed by atoms with E-state index in [0.717, 1.165) is 0 Å². The van der Waals surface area contributed by atoms with Crippen molar-refractivity contribution in [1.29, 1.82) is 5.41 Å². The van der Waals surface area contributed by atoms with Gasteiger partial charge in [0.2, 0.25) is 5.91 Å². The van der Waals surface area contributed by atoms with E-state index in [9.17, 15) is 29.4 Å². The number of esters is 2. The highest BCUT2D eigenvalue weighted by Gasteiger charge is 2.30. The number of hydrogen-bond acceptors (Lipinski definition) is 9. The molecule has 1 aromatic heterocycles. The number of aromatic hydroxyl groups is 1. The number of aromatic nitrogens is 1. The number of hydrogen-bond donors (Lipinski definition) is 6. The molecule has 1 unspecified atom stereocenters. The number of nitrogens with one attached hydrogen (secondary N) is 3. The molecule has 1 amide bonds. The van der Waals surface area contributed by atoms with E-state index in [-0.39, 0.29) is 43.0 Å². The lowest BCUT2D eigenvalue weighted by Gasteiger charge is -2.25. The molecular formula is C30H41N5O8. The van der Waals surface area contributed by atoms with E-state index in [1.807, 2.05) is 0 Å². The van der Waals surface area contributed by atoms with Crippen molar-refractivity contribution in [2.24, 2.45) is 5.73 Å². The number of aromatic carboxylic acids is 1. The van der Waals surface area contributed by atoms with Crippen LogP contribution in [0.4, 0.5) is 5.69 Å². The molecule has 43 heavy (non-hydrogen) atoms. The molecule has 7 N–H and O–H groups in total. The summed E-state index contributed by atoms with van der Waals surface area (Å²) < 4.78 is 10.7. The number of carbonyl (C=O) groups excluding carboxylic acids is 3. The van der Waals surface area contributed by atoms with Crippen LogP contribution in [0.25, 0.3) is 0 Å². The van der Waals surface area contributed by atoms with Crippen LogP contribution in [0.1, 0.15) is 81.7 Å². The molecule has 1 atom stereocenters. The summed E-state index contributed by atoms with van der Waals surface area (Å²) in [5, 5.41) is 32.5. The lowest BCUT2D eigenvalue weighted by molar-refractivity contribution is -0.165. The Kier molecular flexibility index (Phi) is 11.6. The number of aryl methyl sites for hydroxylation is 3. The molecule has 0 aliphatic carbocycles. The number of amides is 1. The summed E-state index contributed by atoms with van der Waals surface area (Å²) in [6.07, 6.45) is 0.0762. The zero-order valence-corrected chi connectivity index (χ0v) is 25.4. The van der Waals surface area contributed by atoms with Gasteiger partial charge in [-0.15, -0.1) is 0 Å². The highest BCUT2D eigenvalue weighted by atomic mass is 16.6. The van der Waals surface area contributed by atoms with Crippen molar-refractivity contribution >= 4 is 35.5 Å². The maximum Gasteiger partial charge on any atom is 0.335 e. The summed E-state index contributed by atoms with van der Waals surface area (Å²) in [6, 6.07) is 6.21. The summed E-state index contributed by atoms with van der Waals surface area (Å²) in [6.45, 7) is 10.1. The zero-order valence-electron chi connectivity index (χ0n) is 25.4. The van der Waals surface area contributed by atoms with Crippen molar-refractivity contribution in [2.45, 2.75) is 90.9 Å². The van der Waals surface area contributed by atoms with Crippen LogP contribution in [0.5, 0.6) is 5.75 Å². The predicted octanol–water partition coefficient (Wildman–Crippen LogP) is 3.07. The van der Waals surface area contributed by atoms with E-state index in [4.69, 9.17) is 20.6 Å². The average molecular weight is 600 g/mol. The number of rotatable bonds is 12. The molecule has 0 aliphatic heterocycles. The van der Waals surface area contributed by atoms with Crippen molar-refractivity contribution in [3.63, 3.8) is 0 Å². The van der Waals surface area contributed by atoms with E-state index in [2.05, 4.69) is 15.6 Å². The number of carboxylic acids is 1. The van der Waals surface area contributed by atoms with E-state index < -0.39 is 47.5 Å². The maximum absolute atomic E-state index is 12.8. The number of guanidine groups is 1. The van der Waals surface area contributed by atoms with E-state index in [1.54, 1.807) is 53.7 Å². The summed E-state index contributed by atoms with van der Waals surface area (Å²) >= 11 is 0. The lowest BCUT2D eigenvalue weighted by atomic mass is 10.00. The minimum Gasteiger partial charge on any atom is -0.506 e. The molecule has 1 aromatic carbocycles. The molecule has 0 bridgehead atoms. The van der Waals surface area contributed by atoms with Crippen molar-refractivity contribution in [1.82, 2.24) is 10.3 Å². The van der Waals surface area contributed by atoms with Crippen LogP contribution in [-0.2, 0) is 43.1 Å². The van der Waals surface area contributed by atoms with Crippen molar-refractivity contribution in [2.75, 3.05) is 5.32 Å². The smallest absolute Gasteiger partial charge is 0.335 e. The van der Waals surface area contributed by atoms with Crippen LogP contribution in [-0.4, -0.2) is 62.2 Å². The molecule has 234 valence electrons. The van der Waals surface area contributed by atoms with Gasteiger partial charge < -0.3 is 36.1 Å². The second-order valence-corrected chi connectivity index (χ2v) is 11.9. The Morgan fingerprint density at radius 3 is 2.21 bits per heavy atom. The third kappa shape index (κ3) is 12.4. The van der Waals surface area contributed by atoms with Crippen molar-refractivity contribution in [3.05, 3.63) is 52.8 Å². The first-order valence-corrected chi connectivity index (χ1v) is 13.7. The molecule has 0 saturated heterocycles. The highest BCUT2D eigenvalue weighted by Crippen LogP contribution is 2.22. The van der Waals surface area contributed by atoms with Crippen LogP contribution >= 0.6 is 0 Å². The Balaban J connectivity index is 2.11. The largest absolute Gasteiger partial charge is 0.506 e. The molecule has 2 aromatic rings. The van der Waals surface area contributed by atoms with Gasteiger partial charge in [0.05, 0.1) is 17.7 Å². The van der Waals surface area contributed by atoms with Gasteiger partial charge in [-0.1, -0.05) is 0 Å². The van der Waals surface area contributed by atoms with Gasteiger partial charge in [-0.05, 0) is 96.7 Å². The monoisotopic (exact) mass is 599 g/mol. The van der Waals surface area contributed by atoms with E-state index in [1.165, 1.54) is 18.2 Å². The third-order valence-corrected chi connectivity index (χ3v) is 5.68. The molecule has 0 spiro atoms. The molecular weight excluding hydrogens is 558 g/mol. The number of benzene rings is 1. The Labute approximate surface area is 250 Å². The Morgan fingerprint density at radius 2 is 1.63 bits per heavy atom. The quantitative estimate of drug-likeness (QED) is 0.118. The molecule has 13 heteroatoms. The first kappa shape index (κ1) is 34.5. The van der Waals surface area contributed by atoms with Gasteiger partial charge in [0.15, 0.2) is 5.96 Å². The number of nitrogens with two attached hydrogens (primary N) is 1. The highest BCUT2D eigenvalue weighted by molar-refractivity contribution is 5.93. The maximum atomic E-state index is 12.8. The molecule has 2 rings (SSSR count). The zero-order chi connectivity index (χ0) is 32.5. The molecule has 0 saturated carbocycles. The fraction of sp³-hybridized carbons (Fsp3) is 0.467. The first-order valence-electron chi connectivity index (χ1n) is 13.7. The molecule has 0 radical (unpaired) electrons. The SMILES string of the molecule is CC(C)(C)OC(=O)CC(NC(=O)CCc1ccc(O)c(CCc2cc(NC(=N)N)ccc2C(=O)O)n1)C(=O)OC(C)(C)C. The summed E-state index contributed by atoms with van der Waals surface area (Å²) in [7, 11) is 0. The van der Waals surface area contributed by atoms with E-state index >= 15 is 0 Å². The second kappa shape index (κ2) is 14.5. The molecule has 1 heterocycles. The van der Waals surface area contributed by atoms with Gasteiger partial charge >= 0.3 is 17.9 Å². The lowest BCUT2D eigenvalue weighted by Crippen LogP contribution is -2.46. The number of pyridine rings is 1. The normalized spacial score (nSPS) is 12.1. The molecule has 0 fully saturated rings. The summed E-state index contributed by atoms with van der Waals surface area (Å²) in [5.41, 5.74) is 5.50. The van der Waals surface area contributed by atoms with Gasteiger partial charge in [0.1, 0.15) is 23.0 Å². The molecule has 0 aliphatic rings.